The molecule has 108 valence electrons. The summed E-state index contributed by atoms with van der Waals surface area (Å²) in [7, 11) is -2.26. The Hall–Kier alpha value is -1.15. The van der Waals surface area contributed by atoms with Crippen LogP contribution in [-0.2, 0) is 14.8 Å². The molecule has 4 N–H and O–H groups in total. The van der Waals surface area contributed by atoms with Crippen LogP contribution in [0, 0.1) is 6.92 Å². The molecule has 1 rings (SSSR count). The van der Waals surface area contributed by atoms with Crippen molar-refractivity contribution in [2.24, 2.45) is 0 Å². The number of ether oxygens (including phenoxy) is 1. The number of rotatable bonds is 7. The number of anilines is 1. The first kappa shape index (κ1) is 15.9. The lowest BCUT2D eigenvalue weighted by atomic mass is 10.2. The molecule has 0 aliphatic carbocycles. The molecule has 7 heteroatoms. The van der Waals surface area contributed by atoms with Gasteiger partial charge in [0.1, 0.15) is 4.90 Å². The molecule has 1 unspecified atom stereocenters. The van der Waals surface area contributed by atoms with Crippen molar-refractivity contribution in [3.8, 4) is 0 Å². The van der Waals surface area contributed by atoms with E-state index in [1.807, 2.05) is 0 Å². The number of benzene rings is 1. The summed E-state index contributed by atoms with van der Waals surface area (Å²) in [6.45, 7) is 1.74. The molecule has 0 saturated heterocycles. The van der Waals surface area contributed by atoms with Gasteiger partial charge in [-0.3, -0.25) is 0 Å². The summed E-state index contributed by atoms with van der Waals surface area (Å²) in [4.78, 5) is 0.0778. The topological polar surface area (TPSA) is 102 Å². The van der Waals surface area contributed by atoms with Gasteiger partial charge in [0.15, 0.2) is 0 Å². The zero-order valence-electron chi connectivity index (χ0n) is 11.1. The van der Waals surface area contributed by atoms with Gasteiger partial charge in [0.25, 0.3) is 0 Å². The second-order valence-corrected chi connectivity index (χ2v) is 5.93. The van der Waals surface area contributed by atoms with Gasteiger partial charge in [-0.15, -0.1) is 0 Å². The number of aliphatic hydroxyl groups excluding tert-OH is 1. The molecule has 19 heavy (non-hydrogen) atoms. The fourth-order valence-electron chi connectivity index (χ4n) is 1.85. The van der Waals surface area contributed by atoms with E-state index in [4.69, 9.17) is 15.6 Å². The van der Waals surface area contributed by atoms with E-state index >= 15 is 0 Å². The first-order valence-electron chi connectivity index (χ1n) is 5.89. The average molecular weight is 288 g/mol. The van der Waals surface area contributed by atoms with Gasteiger partial charge in [-0.25, -0.2) is 13.1 Å². The smallest absolute Gasteiger partial charge is 0.243 e. The minimum absolute atomic E-state index is 0.0778. The Morgan fingerprint density at radius 3 is 2.68 bits per heavy atom. The molecule has 0 aliphatic heterocycles. The van der Waals surface area contributed by atoms with Gasteiger partial charge in [0, 0.05) is 19.8 Å². The number of nitrogens with two attached hydrogens (primary N) is 1. The van der Waals surface area contributed by atoms with Crippen molar-refractivity contribution in [3.05, 3.63) is 23.8 Å². The van der Waals surface area contributed by atoms with E-state index in [1.165, 1.54) is 7.11 Å². The van der Waals surface area contributed by atoms with Gasteiger partial charge in [-0.05, 0) is 25.0 Å². The van der Waals surface area contributed by atoms with Crippen molar-refractivity contribution >= 4 is 15.7 Å². The van der Waals surface area contributed by atoms with Gasteiger partial charge in [-0.1, -0.05) is 12.1 Å². The standard InChI is InChI=1S/C12H20N2O4S/c1-9-4-3-5-11(13)12(9)19(16,17)14-10(6-7-15)8-18-2/h3-5,10,14-15H,6-8,13H2,1-2H3. The summed E-state index contributed by atoms with van der Waals surface area (Å²) < 4.78 is 32.0. The van der Waals surface area contributed by atoms with Crippen LogP contribution in [0.2, 0.25) is 0 Å². The summed E-state index contributed by atoms with van der Waals surface area (Å²) in [6.07, 6.45) is 0.277. The molecular weight excluding hydrogens is 268 g/mol. The Morgan fingerprint density at radius 2 is 2.16 bits per heavy atom. The van der Waals surface area contributed by atoms with Crippen LogP contribution in [0.15, 0.2) is 23.1 Å². The average Bonchev–Trinajstić information content (AvgIpc) is 2.28. The number of methoxy groups -OCH3 is 1. The molecule has 0 fully saturated rings. The fraction of sp³-hybridized carbons (Fsp3) is 0.500. The molecule has 0 amide bonds. The van der Waals surface area contributed by atoms with E-state index in [9.17, 15) is 8.42 Å². The molecule has 0 aromatic heterocycles. The van der Waals surface area contributed by atoms with Crippen LogP contribution in [0.1, 0.15) is 12.0 Å². The summed E-state index contributed by atoms with van der Waals surface area (Å²) in [5, 5.41) is 8.92. The van der Waals surface area contributed by atoms with Gasteiger partial charge >= 0.3 is 0 Å². The van der Waals surface area contributed by atoms with E-state index in [-0.39, 0.29) is 30.2 Å². The summed E-state index contributed by atoms with van der Waals surface area (Å²) >= 11 is 0. The summed E-state index contributed by atoms with van der Waals surface area (Å²) in [5.74, 6) is 0. The maximum absolute atomic E-state index is 12.3. The van der Waals surface area contributed by atoms with Crippen molar-refractivity contribution in [2.45, 2.75) is 24.3 Å². The number of hydrogen-bond acceptors (Lipinski definition) is 5. The van der Waals surface area contributed by atoms with Crippen LogP contribution >= 0.6 is 0 Å². The van der Waals surface area contributed by atoms with Gasteiger partial charge in [0.05, 0.1) is 12.3 Å². The Balaban J connectivity index is 3.03. The monoisotopic (exact) mass is 288 g/mol. The Bertz CT molecular complexity index is 490. The largest absolute Gasteiger partial charge is 0.398 e. The highest BCUT2D eigenvalue weighted by atomic mass is 32.2. The summed E-state index contributed by atoms with van der Waals surface area (Å²) in [5.41, 5.74) is 6.51. The first-order chi connectivity index (χ1) is 8.92. The third kappa shape index (κ3) is 4.17. The van der Waals surface area contributed by atoms with Crippen molar-refractivity contribution < 1.29 is 18.3 Å². The third-order valence-electron chi connectivity index (χ3n) is 2.68. The predicted octanol–water partition coefficient (Wildman–Crippen LogP) is 0.253. The molecule has 0 bridgehead atoms. The van der Waals surface area contributed by atoms with Crippen LogP contribution in [0.5, 0.6) is 0 Å². The number of aliphatic hydroxyl groups is 1. The molecule has 0 saturated carbocycles. The lowest BCUT2D eigenvalue weighted by molar-refractivity contribution is 0.158. The minimum Gasteiger partial charge on any atom is -0.398 e. The van der Waals surface area contributed by atoms with Crippen LogP contribution in [0.25, 0.3) is 0 Å². The van der Waals surface area contributed by atoms with E-state index in [1.54, 1.807) is 25.1 Å². The van der Waals surface area contributed by atoms with Crippen LogP contribution in [-0.4, -0.2) is 39.9 Å². The maximum atomic E-state index is 12.3. The fourth-order valence-corrected chi connectivity index (χ4v) is 3.47. The maximum Gasteiger partial charge on any atom is 0.243 e. The lowest BCUT2D eigenvalue weighted by Gasteiger charge is -2.18. The Labute approximate surface area is 113 Å². The molecule has 1 aromatic rings. The normalized spacial score (nSPS) is 13.4. The van der Waals surface area contributed by atoms with Gasteiger partial charge in [-0.2, -0.15) is 0 Å². The minimum atomic E-state index is -3.73. The number of nitrogens with one attached hydrogen (secondary N) is 1. The molecule has 1 aromatic carbocycles. The molecule has 0 radical (unpaired) electrons. The second kappa shape index (κ2) is 6.85. The van der Waals surface area contributed by atoms with E-state index in [0.717, 1.165) is 0 Å². The van der Waals surface area contributed by atoms with E-state index in [0.29, 0.717) is 5.56 Å². The summed E-state index contributed by atoms with van der Waals surface area (Å²) in [6, 6.07) is 4.43. The Kier molecular flexibility index (Phi) is 5.74. The highest BCUT2D eigenvalue weighted by Crippen LogP contribution is 2.22. The number of sulfonamides is 1. The zero-order chi connectivity index (χ0) is 14.5. The lowest BCUT2D eigenvalue weighted by Crippen LogP contribution is -2.39. The molecule has 1 atom stereocenters. The van der Waals surface area contributed by atoms with E-state index < -0.39 is 16.1 Å². The Morgan fingerprint density at radius 1 is 1.47 bits per heavy atom. The molecular formula is C12H20N2O4S. The van der Waals surface area contributed by atoms with Gasteiger partial charge < -0.3 is 15.6 Å². The van der Waals surface area contributed by atoms with Crippen LogP contribution < -0.4 is 10.5 Å². The second-order valence-electron chi connectivity index (χ2n) is 4.28. The van der Waals surface area contributed by atoms with Crippen molar-refractivity contribution in [3.63, 3.8) is 0 Å². The predicted molar refractivity (Wildman–Crippen MR) is 73.3 cm³/mol. The zero-order valence-corrected chi connectivity index (χ0v) is 11.9. The SMILES string of the molecule is COCC(CCO)NS(=O)(=O)c1c(C)cccc1N. The third-order valence-corrected chi connectivity index (χ3v) is 4.42. The highest BCUT2D eigenvalue weighted by Gasteiger charge is 2.23. The van der Waals surface area contributed by atoms with Crippen molar-refractivity contribution in [1.82, 2.24) is 4.72 Å². The molecule has 0 spiro atoms. The highest BCUT2D eigenvalue weighted by molar-refractivity contribution is 7.89. The molecule has 6 nitrogen and oxygen atoms in total. The number of hydrogen-bond donors (Lipinski definition) is 3. The quantitative estimate of drug-likeness (QED) is 0.624. The van der Waals surface area contributed by atoms with Crippen LogP contribution in [0.4, 0.5) is 5.69 Å². The van der Waals surface area contributed by atoms with Crippen molar-refractivity contribution in [2.75, 3.05) is 26.1 Å². The van der Waals surface area contributed by atoms with Crippen LogP contribution in [0.3, 0.4) is 0 Å². The first-order valence-corrected chi connectivity index (χ1v) is 7.38. The van der Waals surface area contributed by atoms with E-state index in [2.05, 4.69) is 4.72 Å². The number of aryl methyl sites for hydroxylation is 1. The van der Waals surface area contributed by atoms with Crippen molar-refractivity contribution in [1.29, 1.82) is 0 Å². The molecule has 0 heterocycles. The number of nitrogen functional groups attached to an aromatic ring is 1. The van der Waals surface area contributed by atoms with Gasteiger partial charge in [0.2, 0.25) is 10.0 Å². The molecule has 0 aliphatic rings.